The second-order valence-electron chi connectivity index (χ2n) is 1.95. The summed E-state index contributed by atoms with van der Waals surface area (Å²) in [6.07, 6.45) is -2.38. The molecular formula is C6H10O7. The lowest BCUT2D eigenvalue weighted by Gasteiger charge is -1.96. The predicted molar refractivity (Wildman–Crippen MR) is 38.3 cm³/mol. The molecule has 7 nitrogen and oxygen atoms in total. The van der Waals surface area contributed by atoms with Crippen LogP contribution in [-0.4, -0.2) is 49.0 Å². The quantitative estimate of drug-likeness (QED) is 0.558. The van der Waals surface area contributed by atoms with Gasteiger partial charge in [-0.15, -0.1) is 0 Å². The van der Waals surface area contributed by atoms with Gasteiger partial charge in [-0.3, -0.25) is 0 Å². The van der Waals surface area contributed by atoms with Crippen LogP contribution in [0.4, 0.5) is 9.59 Å². The lowest BCUT2D eigenvalue weighted by atomic mass is 10.4. The number of methoxy groups -OCH3 is 1. The van der Waals surface area contributed by atoms with Gasteiger partial charge in [0, 0.05) is 0 Å². The van der Waals surface area contributed by atoms with E-state index in [1.54, 1.807) is 0 Å². The minimum Gasteiger partial charge on any atom is -0.450 e. The molecule has 1 atom stereocenters. The van der Waals surface area contributed by atoms with Gasteiger partial charge in [-0.25, -0.2) is 9.59 Å². The Bertz CT molecular complexity index is 178. The Hall–Kier alpha value is -1.50. The lowest BCUT2D eigenvalue weighted by Crippen LogP contribution is -2.14. The fourth-order valence-electron chi connectivity index (χ4n) is 0.455. The van der Waals surface area contributed by atoms with E-state index < -0.39 is 18.4 Å². The SMILES string of the molecule is COC(=O)O.O=C1OCC(CO)O1. The van der Waals surface area contributed by atoms with E-state index in [1.165, 1.54) is 0 Å². The van der Waals surface area contributed by atoms with Crippen LogP contribution in [0.1, 0.15) is 0 Å². The van der Waals surface area contributed by atoms with Crippen molar-refractivity contribution in [2.45, 2.75) is 6.10 Å². The van der Waals surface area contributed by atoms with E-state index in [-0.39, 0.29) is 13.2 Å². The molecule has 0 aromatic carbocycles. The predicted octanol–water partition coefficient (Wildman–Crippen LogP) is -0.175. The Morgan fingerprint density at radius 1 is 1.77 bits per heavy atom. The smallest absolute Gasteiger partial charge is 0.450 e. The Morgan fingerprint density at radius 3 is 2.46 bits per heavy atom. The zero-order chi connectivity index (χ0) is 10.3. The monoisotopic (exact) mass is 194 g/mol. The second-order valence-corrected chi connectivity index (χ2v) is 1.95. The summed E-state index contributed by atoms with van der Waals surface area (Å²) in [6, 6.07) is 0. The molecule has 0 aliphatic carbocycles. The van der Waals surface area contributed by atoms with Crippen LogP contribution in [0.15, 0.2) is 0 Å². The molecule has 1 aliphatic rings. The van der Waals surface area contributed by atoms with Crippen molar-refractivity contribution in [3.63, 3.8) is 0 Å². The number of carboxylic acid groups (broad SMARTS) is 1. The Labute approximate surface area is 73.8 Å². The van der Waals surface area contributed by atoms with Crippen LogP contribution in [0.25, 0.3) is 0 Å². The summed E-state index contributed by atoms with van der Waals surface area (Å²) in [4.78, 5) is 19.2. The van der Waals surface area contributed by atoms with Gasteiger partial charge in [-0.2, -0.15) is 0 Å². The Morgan fingerprint density at radius 2 is 2.31 bits per heavy atom. The van der Waals surface area contributed by atoms with E-state index in [4.69, 9.17) is 15.0 Å². The molecule has 0 saturated carbocycles. The van der Waals surface area contributed by atoms with E-state index in [9.17, 15) is 4.79 Å². The first-order chi connectivity index (χ1) is 6.10. The Balaban J connectivity index is 0.000000252. The number of rotatable bonds is 1. The average molecular weight is 194 g/mol. The largest absolute Gasteiger partial charge is 0.508 e. The number of cyclic esters (lactones) is 2. The third-order valence-corrected chi connectivity index (χ3v) is 1.03. The van der Waals surface area contributed by atoms with Crippen LogP contribution < -0.4 is 0 Å². The highest BCUT2D eigenvalue weighted by molar-refractivity contribution is 5.61. The molecule has 1 unspecified atom stereocenters. The minimum atomic E-state index is -1.25. The van der Waals surface area contributed by atoms with Crippen molar-refractivity contribution < 1.29 is 34.0 Å². The maximum Gasteiger partial charge on any atom is 0.508 e. The maximum atomic E-state index is 10.1. The van der Waals surface area contributed by atoms with E-state index >= 15 is 0 Å². The molecule has 0 bridgehead atoms. The fraction of sp³-hybridized carbons (Fsp3) is 0.667. The van der Waals surface area contributed by atoms with Gasteiger partial charge in [0.15, 0.2) is 6.10 Å². The Kier molecular flexibility index (Phi) is 5.37. The molecule has 0 radical (unpaired) electrons. The number of aliphatic hydroxyl groups excluding tert-OH is 1. The summed E-state index contributed by atoms with van der Waals surface area (Å²) in [5.41, 5.74) is 0. The summed E-state index contributed by atoms with van der Waals surface area (Å²) in [5.74, 6) is 0. The van der Waals surface area contributed by atoms with Crippen molar-refractivity contribution in [3.05, 3.63) is 0 Å². The van der Waals surface area contributed by atoms with Crippen molar-refractivity contribution in [2.24, 2.45) is 0 Å². The molecule has 0 amide bonds. The van der Waals surface area contributed by atoms with E-state index in [1.807, 2.05) is 0 Å². The van der Waals surface area contributed by atoms with Crippen molar-refractivity contribution >= 4 is 12.3 Å². The first-order valence-corrected chi connectivity index (χ1v) is 3.31. The molecule has 0 aromatic heterocycles. The van der Waals surface area contributed by atoms with Gasteiger partial charge in [0.05, 0.1) is 13.7 Å². The van der Waals surface area contributed by atoms with Crippen LogP contribution in [0.5, 0.6) is 0 Å². The number of hydrogen-bond donors (Lipinski definition) is 2. The summed E-state index contributed by atoms with van der Waals surface area (Å²) in [6.45, 7) is 0.0150. The summed E-state index contributed by atoms with van der Waals surface area (Å²) < 4.78 is 12.4. The number of hydrogen-bond acceptors (Lipinski definition) is 6. The highest BCUT2D eigenvalue weighted by atomic mass is 16.8. The first-order valence-electron chi connectivity index (χ1n) is 3.31. The normalized spacial score (nSPS) is 19.2. The van der Waals surface area contributed by atoms with Gasteiger partial charge in [0.2, 0.25) is 0 Å². The number of carbonyl (C=O) groups is 2. The lowest BCUT2D eigenvalue weighted by molar-refractivity contribution is 0.0919. The molecule has 1 aliphatic heterocycles. The summed E-state index contributed by atoms with van der Waals surface area (Å²) >= 11 is 0. The van der Waals surface area contributed by atoms with Crippen LogP contribution in [0.3, 0.4) is 0 Å². The van der Waals surface area contributed by atoms with E-state index in [2.05, 4.69) is 14.2 Å². The van der Waals surface area contributed by atoms with Gasteiger partial charge in [-0.1, -0.05) is 0 Å². The molecule has 1 rings (SSSR count). The molecule has 13 heavy (non-hydrogen) atoms. The fourth-order valence-corrected chi connectivity index (χ4v) is 0.455. The third kappa shape index (κ3) is 5.74. The maximum absolute atomic E-state index is 10.1. The molecule has 1 saturated heterocycles. The molecule has 0 aromatic rings. The summed E-state index contributed by atoms with van der Waals surface area (Å²) in [7, 11) is 1.10. The molecule has 2 N–H and O–H groups in total. The standard InChI is InChI=1S/C4H6O4.C2H4O3/c5-1-3-2-7-4(6)8-3;1-5-2(3)4/h3,5H,1-2H2;1H3,(H,3,4). The average Bonchev–Trinajstić information content (AvgIpc) is 2.52. The molecule has 7 heteroatoms. The van der Waals surface area contributed by atoms with Crippen molar-refractivity contribution in [3.8, 4) is 0 Å². The van der Waals surface area contributed by atoms with Gasteiger partial charge >= 0.3 is 12.3 Å². The van der Waals surface area contributed by atoms with Gasteiger partial charge in [0.1, 0.15) is 6.61 Å². The molecule has 0 spiro atoms. The van der Waals surface area contributed by atoms with Crippen LogP contribution in [0.2, 0.25) is 0 Å². The summed E-state index contributed by atoms with van der Waals surface area (Å²) in [5, 5.41) is 15.8. The van der Waals surface area contributed by atoms with Crippen molar-refractivity contribution in [2.75, 3.05) is 20.3 Å². The zero-order valence-electron chi connectivity index (χ0n) is 6.93. The second kappa shape index (κ2) is 6.06. The zero-order valence-corrected chi connectivity index (χ0v) is 6.93. The number of ether oxygens (including phenoxy) is 3. The number of carbonyl (C=O) groups excluding carboxylic acids is 1. The van der Waals surface area contributed by atoms with Crippen molar-refractivity contribution in [1.82, 2.24) is 0 Å². The van der Waals surface area contributed by atoms with Gasteiger partial charge < -0.3 is 24.4 Å². The molecule has 1 fully saturated rings. The highest BCUT2D eigenvalue weighted by Gasteiger charge is 2.23. The first kappa shape index (κ1) is 11.5. The van der Waals surface area contributed by atoms with Crippen LogP contribution >= 0.6 is 0 Å². The topological polar surface area (TPSA) is 102 Å². The molecule has 76 valence electrons. The highest BCUT2D eigenvalue weighted by Crippen LogP contribution is 2.03. The van der Waals surface area contributed by atoms with Crippen LogP contribution in [0, 0.1) is 0 Å². The van der Waals surface area contributed by atoms with E-state index in [0.717, 1.165) is 7.11 Å². The third-order valence-electron chi connectivity index (χ3n) is 1.03. The van der Waals surface area contributed by atoms with Crippen molar-refractivity contribution in [1.29, 1.82) is 0 Å². The van der Waals surface area contributed by atoms with Gasteiger partial charge in [0.25, 0.3) is 0 Å². The van der Waals surface area contributed by atoms with E-state index in [0.29, 0.717) is 0 Å². The number of aliphatic hydroxyl groups is 1. The van der Waals surface area contributed by atoms with Gasteiger partial charge in [-0.05, 0) is 0 Å². The minimum absolute atomic E-state index is 0.161. The molecular weight excluding hydrogens is 184 g/mol. The molecule has 1 heterocycles. The van der Waals surface area contributed by atoms with Crippen LogP contribution in [-0.2, 0) is 14.2 Å².